The van der Waals surface area contributed by atoms with Gasteiger partial charge in [-0.05, 0) is 74.0 Å². The molecule has 148 valence electrons. The van der Waals surface area contributed by atoms with Crippen LogP contribution >= 0.6 is 23.4 Å². The molecular weight excluding hydrogens is 402 g/mol. The summed E-state index contributed by atoms with van der Waals surface area (Å²) in [5.41, 5.74) is 4.97. The number of hydrogen-bond acceptors (Lipinski definition) is 4. The molecule has 0 aliphatic carbocycles. The summed E-state index contributed by atoms with van der Waals surface area (Å²) in [7, 11) is 2.07. The van der Waals surface area contributed by atoms with Gasteiger partial charge in [-0.3, -0.25) is 4.79 Å². The van der Waals surface area contributed by atoms with E-state index in [0.29, 0.717) is 15.1 Å². The molecule has 6 heteroatoms. The fourth-order valence-corrected chi connectivity index (χ4v) is 4.59. The van der Waals surface area contributed by atoms with Gasteiger partial charge in [-0.25, -0.2) is 4.99 Å². The van der Waals surface area contributed by atoms with Gasteiger partial charge in [0.2, 0.25) is 0 Å². The van der Waals surface area contributed by atoms with Crippen molar-refractivity contribution in [2.45, 2.75) is 26.3 Å². The summed E-state index contributed by atoms with van der Waals surface area (Å²) in [6, 6.07) is 13.6. The van der Waals surface area contributed by atoms with E-state index in [1.54, 1.807) is 0 Å². The number of fused-ring (bicyclic) bond motifs is 1. The molecule has 0 radical (unpaired) electrons. The highest BCUT2D eigenvalue weighted by atomic mass is 35.5. The molecule has 1 amide bonds. The van der Waals surface area contributed by atoms with Crippen LogP contribution in [0.1, 0.15) is 31.9 Å². The third-order valence-corrected chi connectivity index (χ3v) is 6.50. The van der Waals surface area contributed by atoms with Gasteiger partial charge in [0.25, 0.3) is 5.91 Å². The number of allylic oxidation sites excluding steroid dienone is 1. The molecule has 2 aromatic rings. The van der Waals surface area contributed by atoms with Crippen molar-refractivity contribution in [1.29, 1.82) is 0 Å². The monoisotopic (exact) mass is 423 g/mol. The summed E-state index contributed by atoms with van der Waals surface area (Å²) in [4.78, 5) is 19.7. The van der Waals surface area contributed by atoms with Gasteiger partial charge in [-0.2, -0.15) is 0 Å². The minimum atomic E-state index is -0.163. The van der Waals surface area contributed by atoms with Gasteiger partial charge in [-0.1, -0.05) is 35.9 Å². The summed E-state index contributed by atoms with van der Waals surface area (Å²) in [6.07, 6.45) is 4.09. The van der Waals surface area contributed by atoms with Crippen molar-refractivity contribution in [3.8, 4) is 0 Å². The second kappa shape index (κ2) is 7.39. The number of thioether (sulfide) groups is 1. The number of benzene rings is 2. The number of amidine groups is 1. The SMILES string of the molecule is CC1=CC(C)(C)N(C)c2cc(Cl)c(/C=C3\SC(=Nc4ccccc4)NC3=O)cc21. The number of halogens is 1. The molecule has 0 unspecified atom stereocenters. The van der Waals surface area contributed by atoms with Crippen molar-refractivity contribution in [3.05, 3.63) is 69.6 Å². The molecule has 0 bridgehead atoms. The third kappa shape index (κ3) is 3.85. The molecule has 1 N–H and O–H groups in total. The number of likely N-dealkylation sites (N-methyl/N-ethyl adjacent to an activating group) is 1. The second-order valence-corrected chi connectivity index (χ2v) is 9.19. The third-order valence-electron chi connectivity index (χ3n) is 5.26. The van der Waals surface area contributed by atoms with E-state index in [0.717, 1.165) is 22.5 Å². The van der Waals surface area contributed by atoms with Crippen molar-refractivity contribution in [2.75, 3.05) is 11.9 Å². The average molecular weight is 424 g/mol. The normalized spacial score (nSPS) is 20.7. The van der Waals surface area contributed by atoms with Crippen LogP contribution in [0, 0.1) is 0 Å². The number of rotatable bonds is 2. The van der Waals surface area contributed by atoms with Gasteiger partial charge in [0.05, 0.1) is 16.1 Å². The number of carbonyl (C=O) groups excluding carboxylic acids is 1. The van der Waals surface area contributed by atoms with Gasteiger partial charge in [0, 0.05) is 23.3 Å². The summed E-state index contributed by atoms with van der Waals surface area (Å²) in [6.45, 7) is 6.47. The number of anilines is 1. The van der Waals surface area contributed by atoms with E-state index >= 15 is 0 Å². The standard InChI is InChI=1S/C23H22ClN3OS/c1-14-13-23(2,3)27(4)19-12-18(24)15(10-17(14)19)11-20-21(28)26-22(29-20)25-16-8-6-5-7-9-16/h5-13H,1-4H3,(H,25,26,28)/b20-11-. The molecule has 2 heterocycles. The number of para-hydroxylation sites is 1. The number of aliphatic imine (C=N–C) groups is 1. The first-order valence-electron chi connectivity index (χ1n) is 9.36. The molecule has 2 aromatic carbocycles. The number of amides is 1. The number of carbonyl (C=O) groups is 1. The van der Waals surface area contributed by atoms with Gasteiger partial charge in [0.1, 0.15) is 0 Å². The molecule has 0 spiro atoms. The molecule has 4 rings (SSSR count). The molecule has 4 nitrogen and oxygen atoms in total. The highest BCUT2D eigenvalue weighted by molar-refractivity contribution is 8.18. The fraction of sp³-hybridized carbons (Fsp3) is 0.217. The van der Waals surface area contributed by atoms with E-state index in [2.05, 4.69) is 55.2 Å². The van der Waals surface area contributed by atoms with Crippen LogP contribution in [0.3, 0.4) is 0 Å². The van der Waals surface area contributed by atoms with Crippen LogP contribution in [-0.4, -0.2) is 23.7 Å². The Morgan fingerprint density at radius 3 is 2.66 bits per heavy atom. The van der Waals surface area contributed by atoms with E-state index in [1.807, 2.05) is 42.5 Å². The Morgan fingerprint density at radius 2 is 1.93 bits per heavy atom. The Kier molecular flexibility index (Phi) is 5.05. The van der Waals surface area contributed by atoms with E-state index in [-0.39, 0.29) is 11.4 Å². The Hall–Kier alpha value is -2.50. The van der Waals surface area contributed by atoms with Crippen molar-refractivity contribution in [2.24, 2.45) is 4.99 Å². The Labute approximate surface area is 180 Å². The molecule has 1 saturated heterocycles. The van der Waals surface area contributed by atoms with Crippen molar-refractivity contribution in [3.63, 3.8) is 0 Å². The minimum absolute atomic E-state index is 0.0790. The molecule has 0 atom stereocenters. The van der Waals surface area contributed by atoms with Gasteiger partial charge >= 0.3 is 0 Å². The van der Waals surface area contributed by atoms with Crippen LogP contribution in [0.5, 0.6) is 0 Å². The zero-order valence-electron chi connectivity index (χ0n) is 16.8. The lowest BCUT2D eigenvalue weighted by Crippen LogP contribution is -2.42. The molecule has 2 aliphatic heterocycles. The average Bonchev–Trinajstić information content (AvgIpc) is 3.00. The van der Waals surface area contributed by atoms with Crippen LogP contribution in [-0.2, 0) is 4.79 Å². The van der Waals surface area contributed by atoms with Crippen molar-refractivity contribution >= 4 is 57.5 Å². The Bertz CT molecular complexity index is 1090. The fourth-order valence-electron chi connectivity index (χ4n) is 3.54. The van der Waals surface area contributed by atoms with Crippen LogP contribution in [0.25, 0.3) is 11.6 Å². The summed E-state index contributed by atoms with van der Waals surface area (Å²) in [5, 5.41) is 4.01. The molecule has 0 saturated carbocycles. The lowest BCUT2D eigenvalue weighted by Gasteiger charge is -2.40. The van der Waals surface area contributed by atoms with Crippen LogP contribution in [0.2, 0.25) is 5.02 Å². The molecule has 1 fully saturated rings. The predicted octanol–water partition coefficient (Wildman–Crippen LogP) is 5.86. The minimum Gasteiger partial charge on any atom is -0.365 e. The largest absolute Gasteiger partial charge is 0.365 e. The first kappa shape index (κ1) is 19.8. The Balaban J connectivity index is 1.68. The maximum atomic E-state index is 12.4. The molecule has 0 aromatic heterocycles. The molecule has 2 aliphatic rings. The van der Waals surface area contributed by atoms with E-state index in [9.17, 15) is 4.79 Å². The maximum absolute atomic E-state index is 12.4. The lowest BCUT2D eigenvalue weighted by molar-refractivity contribution is -0.115. The smallest absolute Gasteiger partial charge is 0.264 e. The zero-order valence-corrected chi connectivity index (χ0v) is 18.4. The quantitative estimate of drug-likeness (QED) is 0.615. The molecule has 29 heavy (non-hydrogen) atoms. The van der Waals surface area contributed by atoms with Gasteiger partial charge in [-0.15, -0.1) is 0 Å². The lowest BCUT2D eigenvalue weighted by atomic mass is 9.88. The van der Waals surface area contributed by atoms with E-state index in [1.165, 1.54) is 17.3 Å². The summed E-state index contributed by atoms with van der Waals surface area (Å²) >= 11 is 7.92. The first-order chi connectivity index (χ1) is 13.7. The van der Waals surface area contributed by atoms with Crippen molar-refractivity contribution in [1.82, 2.24) is 5.32 Å². The van der Waals surface area contributed by atoms with E-state index in [4.69, 9.17) is 11.6 Å². The predicted molar refractivity (Wildman–Crippen MR) is 125 cm³/mol. The number of hydrogen-bond donors (Lipinski definition) is 1. The van der Waals surface area contributed by atoms with Crippen LogP contribution < -0.4 is 10.2 Å². The first-order valence-corrected chi connectivity index (χ1v) is 10.6. The summed E-state index contributed by atoms with van der Waals surface area (Å²) in [5.74, 6) is -0.163. The summed E-state index contributed by atoms with van der Waals surface area (Å²) < 4.78 is 0. The Morgan fingerprint density at radius 1 is 1.21 bits per heavy atom. The zero-order chi connectivity index (χ0) is 20.8. The van der Waals surface area contributed by atoms with Gasteiger partial charge in [0.15, 0.2) is 5.17 Å². The van der Waals surface area contributed by atoms with Crippen LogP contribution in [0.4, 0.5) is 11.4 Å². The number of nitrogens with zero attached hydrogens (tertiary/aromatic N) is 2. The topological polar surface area (TPSA) is 44.7 Å². The van der Waals surface area contributed by atoms with E-state index < -0.39 is 0 Å². The van der Waals surface area contributed by atoms with Crippen molar-refractivity contribution < 1.29 is 4.79 Å². The van der Waals surface area contributed by atoms with Gasteiger partial charge < -0.3 is 10.2 Å². The highest BCUT2D eigenvalue weighted by Crippen LogP contribution is 2.41. The van der Waals surface area contributed by atoms with Crippen LogP contribution in [0.15, 0.2) is 58.4 Å². The molecular formula is C23H22ClN3OS. The maximum Gasteiger partial charge on any atom is 0.264 e. The number of nitrogens with one attached hydrogen (secondary N) is 1. The second-order valence-electron chi connectivity index (χ2n) is 7.75. The highest BCUT2D eigenvalue weighted by Gasteiger charge is 2.30.